The molecule has 2 N–H and O–H groups in total. The number of carbonyl (C=O) groups excluding carboxylic acids is 1. The van der Waals surface area contributed by atoms with Crippen molar-refractivity contribution in [3.8, 4) is 11.5 Å². The van der Waals surface area contributed by atoms with Crippen molar-refractivity contribution in [1.82, 2.24) is 9.88 Å². The summed E-state index contributed by atoms with van der Waals surface area (Å²) in [5, 5.41) is 14.1. The van der Waals surface area contributed by atoms with Gasteiger partial charge in [-0.2, -0.15) is 0 Å². The topological polar surface area (TPSA) is 72.7 Å². The van der Waals surface area contributed by atoms with E-state index in [0.717, 1.165) is 16.5 Å². The first-order chi connectivity index (χ1) is 12.6. The Labute approximate surface area is 152 Å². The summed E-state index contributed by atoms with van der Waals surface area (Å²) in [7, 11) is 3.47. The zero-order valence-electron chi connectivity index (χ0n) is 14.8. The average Bonchev–Trinajstić information content (AvgIpc) is 3.02. The molecule has 6 heteroatoms. The number of carbonyl (C=O) groups is 1. The average molecular weight is 354 g/mol. The summed E-state index contributed by atoms with van der Waals surface area (Å²) >= 11 is 0. The van der Waals surface area contributed by atoms with Crippen molar-refractivity contribution in [2.24, 2.45) is 7.05 Å². The Morgan fingerprint density at radius 3 is 2.62 bits per heavy atom. The molecule has 1 amide bonds. The molecule has 0 fully saturated rings. The molecule has 0 radical (unpaired) electrons. The lowest BCUT2D eigenvalue weighted by Crippen LogP contribution is -2.32. The van der Waals surface area contributed by atoms with Crippen LogP contribution in [0.25, 0.3) is 10.9 Å². The van der Waals surface area contributed by atoms with E-state index in [1.54, 1.807) is 25.3 Å². The third-order valence-corrected chi connectivity index (χ3v) is 4.21. The van der Waals surface area contributed by atoms with Gasteiger partial charge in [-0.1, -0.05) is 30.3 Å². The number of aromatic nitrogens is 1. The van der Waals surface area contributed by atoms with E-state index in [2.05, 4.69) is 5.32 Å². The maximum atomic E-state index is 12.0. The number of ether oxygens (including phenoxy) is 2. The number of fused-ring (bicyclic) bond motifs is 1. The Morgan fingerprint density at radius 1 is 1.15 bits per heavy atom. The van der Waals surface area contributed by atoms with Gasteiger partial charge in [-0.3, -0.25) is 4.79 Å². The fraction of sp³-hybridized carbons (Fsp3) is 0.250. The number of methoxy groups -OCH3 is 1. The predicted molar refractivity (Wildman–Crippen MR) is 99.4 cm³/mol. The van der Waals surface area contributed by atoms with E-state index < -0.39 is 6.10 Å². The maximum absolute atomic E-state index is 12.0. The number of nitrogens with one attached hydrogen (secondary N) is 1. The van der Waals surface area contributed by atoms with Crippen LogP contribution in [0.5, 0.6) is 11.5 Å². The molecular formula is C20H22N2O4. The summed E-state index contributed by atoms with van der Waals surface area (Å²) in [5.41, 5.74) is 1.82. The predicted octanol–water partition coefficient (Wildman–Crippen LogP) is 2.42. The highest BCUT2D eigenvalue weighted by Gasteiger charge is 2.15. The first kappa shape index (κ1) is 17.8. The van der Waals surface area contributed by atoms with E-state index in [1.807, 2.05) is 48.1 Å². The van der Waals surface area contributed by atoms with Crippen molar-refractivity contribution < 1.29 is 19.4 Å². The Morgan fingerprint density at radius 2 is 1.85 bits per heavy atom. The molecule has 0 bridgehead atoms. The molecule has 3 aromatic rings. The molecule has 0 saturated carbocycles. The van der Waals surface area contributed by atoms with Gasteiger partial charge in [0.15, 0.2) is 18.1 Å². The number of nitrogens with zero attached hydrogens (tertiary/aromatic N) is 1. The third-order valence-electron chi connectivity index (χ3n) is 4.21. The molecule has 0 spiro atoms. The highest BCUT2D eigenvalue weighted by molar-refractivity contribution is 5.84. The van der Waals surface area contributed by atoms with Gasteiger partial charge in [0.2, 0.25) is 0 Å². The van der Waals surface area contributed by atoms with Crippen LogP contribution in [0.1, 0.15) is 11.7 Å². The van der Waals surface area contributed by atoms with Gasteiger partial charge in [-0.05, 0) is 18.2 Å². The summed E-state index contributed by atoms with van der Waals surface area (Å²) in [6, 6.07) is 15.0. The highest BCUT2D eigenvalue weighted by atomic mass is 16.5. The lowest BCUT2D eigenvalue weighted by atomic mass is 10.1. The smallest absolute Gasteiger partial charge is 0.258 e. The molecule has 1 atom stereocenters. The van der Waals surface area contributed by atoms with E-state index in [4.69, 9.17) is 9.47 Å². The molecule has 3 rings (SSSR count). The van der Waals surface area contributed by atoms with Gasteiger partial charge < -0.3 is 24.5 Å². The van der Waals surface area contributed by atoms with Crippen LogP contribution in [0.3, 0.4) is 0 Å². The number of benzene rings is 2. The molecule has 0 aliphatic rings. The fourth-order valence-electron chi connectivity index (χ4n) is 2.89. The van der Waals surface area contributed by atoms with E-state index in [0.29, 0.717) is 11.5 Å². The Bertz CT molecular complexity index is 904. The normalized spacial score (nSPS) is 12.0. The molecule has 2 aromatic carbocycles. The van der Waals surface area contributed by atoms with Crippen LogP contribution in [-0.4, -0.2) is 35.8 Å². The number of amides is 1. The molecular weight excluding hydrogens is 332 g/mol. The zero-order valence-corrected chi connectivity index (χ0v) is 14.8. The molecule has 0 aliphatic carbocycles. The van der Waals surface area contributed by atoms with Gasteiger partial charge in [0.1, 0.15) is 0 Å². The van der Waals surface area contributed by atoms with Gasteiger partial charge in [0, 0.05) is 36.3 Å². The number of aliphatic hydroxyl groups excluding tert-OH is 1. The molecule has 1 heterocycles. The van der Waals surface area contributed by atoms with Crippen LogP contribution in [0.4, 0.5) is 0 Å². The van der Waals surface area contributed by atoms with Crippen molar-refractivity contribution in [3.05, 3.63) is 60.3 Å². The van der Waals surface area contributed by atoms with Crippen LogP contribution in [0.15, 0.2) is 54.7 Å². The van der Waals surface area contributed by atoms with Crippen LogP contribution in [-0.2, 0) is 11.8 Å². The monoisotopic (exact) mass is 354 g/mol. The van der Waals surface area contributed by atoms with Crippen molar-refractivity contribution >= 4 is 16.8 Å². The van der Waals surface area contributed by atoms with Crippen LogP contribution < -0.4 is 14.8 Å². The largest absolute Gasteiger partial charge is 0.493 e. The minimum absolute atomic E-state index is 0.113. The molecule has 6 nitrogen and oxygen atoms in total. The summed E-state index contributed by atoms with van der Waals surface area (Å²) in [5.74, 6) is 0.756. The van der Waals surface area contributed by atoms with Crippen LogP contribution in [0.2, 0.25) is 0 Å². The first-order valence-electron chi connectivity index (χ1n) is 8.34. The Kier molecular flexibility index (Phi) is 5.43. The second-order valence-electron chi connectivity index (χ2n) is 5.97. The molecule has 0 saturated heterocycles. The van der Waals surface area contributed by atoms with Gasteiger partial charge in [0.25, 0.3) is 5.91 Å². The number of hydrogen-bond acceptors (Lipinski definition) is 4. The molecule has 26 heavy (non-hydrogen) atoms. The second kappa shape index (κ2) is 7.93. The maximum Gasteiger partial charge on any atom is 0.258 e. The lowest BCUT2D eigenvalue weighted by molar-refractivity contribution is -0.123. The van der Waals surface area contributed by atoms with E-state index in [-0.39, 0.29) is 19.1 Å². The van der Waals surface area contributed by atoms with E-state index >= 15 is 0 Å². The highest BCUT2D eigenvalue weighted by Crippen LogP contribution is 2.26. The van der Waals surface area contributed by atoms with Gasteiger partial charge in [0.05, 0.1) is 13.2 Å². The Hall–Kier alpha value is -2.99. The van der Waals surface area contributed by atoms with E-state index in [1.165, 1.54) is 0 Å². The number of hydrogen-bond donors (Lipinski definition) is 2. The summed E-state index contributed by atoms with van der Waals surface area (Å²) in [4.78, 5) is 12.0. The molecule has 0 aliphatic heterocycles. The standard InChI is InChI=1S/C20H22N2O4/c1-22-12-15(14-7-3-4-8-16(14)22)17(23)11-21-20(24)13-26-19-10-6-5-9-18(19)25-2/h3-10,12,17,23H,11,13H2,1-2H3,(H,21,24). The van der Waals surface area contributed by atoms with Crippen molar-refractivity contribution in [1.29, 1.82) is 0 Å². The van der Waals surface area contributed by atoms with Gasteiger partial charge >= 0.3 is 0 Å². The second-order valence-corrected chi connectivity index (χ2v) is 5.97. The zero-order chi connectivity index (χ0) is 18.5. The third kappa shape index (κ3) is 3.81. The van der Waals surface area contributed by atoms with Crippen molar-refractivity contribution in [2.75, 3.05) is 20.3 Å². The van der Waals surface area contributed by atoms with Gasteiger partial charge in [-0.15, -0.1) is 0 Å². The minimum Gasteiger partial charge on any atom is -0.493 e. The van der Waals surface area contributed by atoms with E-state index in [9.17, 15) is 9.90 Å². The number of para-hydroxylation sites is 3. The van der Waals surface area contributed by atoms with Gasteiger partial charge in [-0.25, -0.2) is 0 Å². The quantitative estimate of drug-likeness (QED) is 0.683. The van der Waals surface area contributed by atoms with Crippen molar-refractivity contribution in [2.45, 2.75) is 6.10 Å². The number of aryl methyl sites for hydroxylation is 1. The van der Waals surface area contributed by atoms with Crippen LogP contribution >= 0.6 is 0 Å². The number of rotatable bonds is 7. The number of aliphatic hydroxyl groups is 1. The van der Waals surface area contributed by atoms with Crippen molar-refractivity contribution in [3.63, 3.8) is 0 Å². The summed E-state index contributed by atoms with van der Waals surface area (Å²) in [6.45, 7) is -0.0369. The molecule has 1 aromatic heterocycles. The van der Waals surface area contributed by atoms with Crippen LogP contribution in [0, 0.1) is 0 Å². The molecule has 1 unspecified atom stereocenters. The minimum atomic E-state index is -0.795. The fourth-order valence-corrected chi connectivity index (χ4v) is 2.89. The summed E-state index contributed by atoms with van der Waals surface area (Å²) < 4.78 is 12.6. The first-order valence-corrected chi connectivity index (χ1v) is 8.34. The lowest BCUT2D eigenvalue weighted by Gasteiger charge is -2.13. The molecule has 136 valence electrons. The Balaban J connectivity index is 1.57. The SMILES string of the molecule is COc1ccccc1OCC(=O)NCC(O)c1cn(C)c2ccccc12. The summed E-state index contributed by atoms with van der Waals surface area (Å²) in [6.07, 6.45) is 1.09.